The zero-order valence-corrected chi connectivity index (χ0v) is 14.5. The second-order valence-corrected chi connectivity index (χ2v) is 6.17. The third-order valence-electron chi connectivity index (χ3n) is 3.73. The van der Waals surface area contributed by atoms with Gasteiger partial charge in [-0.2, -0.15) is 0 Å². The SMILES string of the molecule is O=C(NC[C]1CCCCCCC1)c1cc(Cl)ccc1Cl.[CH2].[CH2]. The Morgan fingerprint density at radius 1 is 1.00 bits per heavy atom. The highest BCUT2D eigenvalue weighted by Gasteiger charge is 2.15. The van der Waals surface area contributed by atoms with Gasteiger partial charge in [0.25, 0.3) is 5.91 Å². The maximum absolute atomic E-state index is 12.1. The largest absolute Gasteiger partial charge is 0.351 e. The summed E-state index contributed by atoms with van der Waals surface area (Å²) in [4.78, 5) is 12.1. The van der Waals surface area contributed by atoms with Gasteiger partial charge in [0.2, 0.25) is 0 Å². The monoisotopic (exact) mass is 340 g/mol. The lowest BCUT2D eigenvalue weighted by Gasteiger charge is -2.19. The molecular weight excluding hydrogens is 317 g/mol. The second kappa shape index (κ2) is 10.9. The summed E-state index contributed by atoms with van der Waals surface area (Å²) < 4.78 is 0. The van der Waals surface area contributed by atoms with E-state index in [1.165, 1.54) is 38.0 Å². The summed E-state index contributed by atoms with van der Waals surface area (Å²) in [6, 6.07) is 4.95. The molecule has 121 valence electrons. The van der Waals surface area contributed by atoms with Crippen LogP contribution in [0.25, 0.3) is 0 Å². The number of carbonyl (C=O) groups excluding carboxylic acids is 1. The van der Waals surface area contributed by atoms with Crippen molar-refractivity contribution in [2.45, 2.75) is 44.9 Å². The molecule has 0 unspecified atom stereocenters. The summed E-state index contributed by atoms with van der Waals surface area (Å²) in [6.45, 7) is 0.654. The minimum atomic E-state index is -0.146. The molecule has 0 atom stereocenters. The molecule has 4 heteroatoms. The lowest BCUT2D eigenvalue weighted by molar-refractivity contribution is 0.0954. The Morgan fingerprint density at radius 2 is 1.59 bits per heavy atom. The summed E-state index contributed by atoms with van der Waals surface area (Å²) in [5.74, 6) is 1.29. The third-order valence-corrected chi connectivity index (χ3v) is 4.30. The van der Waals surface area contributed by atoms with Crippen molar-refractivity contribution >= 4 is 29.1 Å². The van der Waals surface area contributed by atoms with Crippen molar-refractivity contribution < 1.29 is 4.79 Å². The van der Waals surface area contributed by atoms with Crippen LogP contribution in [-0.4, -0.2) is 12.5 Å². The van der Waals surface area contributed by atoms with E-state index in [2.05, 4.69) is 5.32 Å². The van der Waals surface area contributed by atoms with Gasteiger partial charge in [-0.05, 0) is 37.0 Å². The number of rotatable bonds is 3. The molecule has 2 rings (SSSR count). The van der Waals surface area contributed by atoms with Crippen LogP contribution < -0.4 is 5.32 Å². The van der Waals surface area contributed by atoms with E-state index in [-0.39, 0.29) is 20.8 Å². The summed E-state index contributed by atoms with van der Waals surface area (Å²) >= 11 is 11.9. The molecule has 1 aromatic carbocycles. The third kappa shape index (κ3) is 6.58. The molecule has 0 bridgehead atoms. The first kappa shape index (κ1) is 21.3. The topological polar surface area (TPSA) is 29.1 Å². The number of nitrogens with one attached hydrogen (secondary N) is 1. The van der Waals surface area contributed by atoms with E-state index < -0.39 is 0 Å². The average Bonchev–Trinajstić information content (AvgIpc) is 2.40. The summed E-state index contributed by atoms with van der Waals surface area (Å²) in [6.07, 6.45) is 8.69. The molecule has 1 amide bonds. The fraction of sp³-hybridized carbons (Fsp3) is 0.444. The predicted molar refractivity (Wildman–Crippen MR) is 95.1 cm³/mol. The van der Waals surface area contributed by atoms with E-state index in [1.54, 1.807) is 18.2 Å². The van der Waals surface area contributed by atoms with Gasteiger partial charge in [-0.3, -0.25) is 4.79 Å². The fourth-order valence-corrected chi connectivity index (χ4v) is 2.93. The lowest BCUT2D eigenvalue weighted by Crippen LogP contribution is -2.29. The van der Waals surface area contributed by atoms with E-state index in [1.807, 2.05) is 0 Å². The number of hydrogen-bond donors (Lipinski definition) is 1. The van der Waals surface area contributed by atoms with Crippen molar-refractivity contribution in [3.8, 4) is 0 Å². The first-order valence-corrected chi connectivity index (χ1v) is 7.99. The molecule has 1 aliphatic rings. The maximum atomic E-state index is 12.1. The van der Waals surface area contributed by atoms with Gasteiger partial charge in [0.1, 0.15) is 0 Å². The predicted octanol–water partition coefficient (Wildman–Crippen LogP) is 5.70. The molecule has 0 aliphatic heterocycles. The van der Waals surface area contributed by atoms with E-state index in [0.717, 1.165) is 12.8 Å². The summed E-state index contributed by atoms with van der Waals surface area (Å²) in [7, 11) is 0. The van der Waals surface area contributed by atoms with E-state index in [9.17, 15) is 4.79 Å². The van der Waals surface area contributed by atoms with Crippen molar-refractivity contribution in [2.75, 3.05) is 6.54 Å². The molecule has 1 aromatic rings. The van der Waals surface area contributed by atoms with Crippen molar-refractivity contribution in [1.82, 2.24) is 5.32 Å². The Labute approximate surface area is 145 Å². The van der Waals surface area contributed by atoms with Crippen LogP contribution in [0.4, 0.5) is 0 Å². The molecule has 0 heterocycles. The number of carbonyl (C=O) groups is 1. The molecule has 1 N–H and O–H groups in total. The first-order chi connectivity index (χ1) is 9.66. The number of benzene rings is 1. The maximum Gasteiger partial charge on any atom is 0.252 e. The number of halogens is 2. The number of amides is 1. The lowest BCUT2D eigenvalue weighted by atomic mass is 9.91. The summed E-state index contributed by atoms with van der Waals surface area (Å²) in [5.41, 5.74) is 0.450. The highest BCUT2D eigenvalue weighted by molar-refractivity contribution is 6.35. The van der Waals surface area contributed by atoms with Gasteiger partial charge in [0.15, 0.2) is 0 Å². The Kier molecular flexibility index (Phi) is 10.5. The van der Waals surface area contributed by atoms with Gasteiger partial charge >= 0.3 is 0 Å². The van der Waals surface area contributed by atoms with Crippen molar-refractivity contribution in [2.24, 2.45) is 0 Å². The van der Waals surface area contributed by atoms with Crippen LogP contribution in [0, 0.1) is 20.8 Å². The van der Waals surface area contributed by atoms with Crippen LogP contribution in [-0.2, 0) is 0 Å². The highest BCUT2D eigenvalue weighted by Crippen LogP contribution is 2.24. The van der Waals surface area contributed by atoms with Crippen molar-refractivity contribution in [3.63, 3.8) is 0 Å². The van der Waals surface area contributed by atoms with Gasteiger partial charge < -0.3 is 5.32 Å². The first-order valence-electron chi connectivity index (χ1n) is 7.23. The van der Waals surface area contributed by atoms with Gasteiger partial charge in [-0.1, -0.05) is 70.2 Å². The zero-order valence-electron chi connectivity index (χ0n) is 13.0. The average molecular weight is 341 g/mol. The molecule has 1 aliphatic carbocycles. The van der Waals surface area contributed by atoms with Gasteiger partial charge in [-0.15, -0.1) is 0 Å². The van der Waals surface area contributed by atoms with E-state index in [4.69, 9.17) is 23.2 Å². The molecule has 1 fully saturated rings. The minimum absolute atomic E-state index is 0. The Bertz CT molecular complexity index is 454. The molecule has 22 heavy (non-hydrogen) atoms. The van der Waals surface area contributed by atoms with Crippen LogP contribution in [0.2, 0.25) is 10.0 Å². The van der Waals surface area contributed by atoms with Crippen molar-refractivity contribution in [3.05, 3.63) is 54.6 Å². The highest BCUT2D eigenvalue weighted by atomic mass is 35.5. The van der Waals surface area contributed by atoms with Crippen LogP contribution in [0.3, 0.4) is 0 Å². The minimum Gasteiger partial charge on any atom is -0.351 e. The van der Waals surface area contributed by atoms with Gasteiger partial charge in [0.05, 0.1) is 10.6 Å². The van der Waals surface area contributed by atoms with Crippen LogP contribution >= 0.6 is 23.2 Å². The van der Waals surface area contributed by atoms with Crippen LogP contribution in [0.15, 0.2) is 18.2 Å². The van der Waals surface area contributed by atoms with E-state index in [0.29, 0.717) is 22.2 Å². The fourth-order valence-electron chi connectivity index (χ4n) is 2.55. The quantitative estimate of drug-likeness (QED) is 0.751. The Morgan fingerprint density at radius 3 is 2.23 bits per heavy atom. The molecular formula is C18H24Cl2NO. The van der Waals surface area contributed by atoms with Crippen molar-refractivity contribution in [1.29, 1.82) is 0 Å². The normalized spacial score (nSPS) is 15.7. The molecule has 0 aromatic heterocycles. The zero-order chi connectivity index (χ0) is 14.4. The molecule has 5 radical (unpaired) electrons. The molecule has 1 saturated carbocycles. The van der Waals surface area contributed by atoms with E-state index >= 15 is 0 Å². The van der Waals surface area contributed by atoms with Crippen LogP contribution in [0.5, 0.6) is 0 Å². The standard InChI is InChI=1S/C16H20Cl2NO.2CH2/c17-13-8-9-15(18)14(10-13)16(20)19-11-12-6-4-2-1-3-5-7-12;;/h8-10H,1-7,11H2,(H,19,20);2*1H2. The Balaban J connectivity index is 0.00000220. The van der Waals surface area contributed by atoms with Gasteiger partial charge in [0, 0.05) is 11.6 Å². The Hall–Kier alpha value is -0.730. The van der Waals surface area contributed by atoms with Crippen LogP contribution in [0.1, 0.15) is 55.3 Å². The smallest absolute Gasteiger partial charge is 0.252 e. The summed E-state index contributed by atoms with van der Waals surface area (Å²) in [5, 5.41) is 3.93. The molecule has 0 saturated heterocycles. The number of hydrogen-bond acceptors (Lipinski definition) is 1. The molecule has 2 nitrogen and oxygen atoms in total. The molecule has 0 spiro atoms. The van der Waals surface area contributed by atoms with Gasteiger partial charge in [-0.25, -0.2) is 0 Å². The second-order valence-electron chi connectivity index (χ2n) is 5.32.